The fourth-order valence-corrected chi connectivity index (χ4v) is 5.92. The molecule has 2 unspecified atom stereocenters. The summed E-state index contributed by atoms with van der Waals surface area (Å²) >= 11 is 9.36. The summed E-state index contributed by atoms with van der Waals surface area (Å²) in [6, 6.07) is 2.50. The summed E-state index contributed by atoms with van der Waals surface area (Å²) in [7, 11) is 0. The van der Waals surface area contributed by atoms with Crippen LogP contribution in [0, 0.1) is 0 Å². The van der Waals surface area contributed by atoms with Crippen molar-refractivity contribution < 1.29 is 0 Å². The van der Waals surface area contributed by atoms with Crippen molar-refractivity contribution in [2.24, 2.45) is 5.73 Å². The molecule has 0 aromatic carbocycles. The minimum atomic E-state index is 0.313. The molecule has 0 amide bonds. The average Bonchev–Trinajstić information content (AvgIpc) is 2.65. The van der Waals surface area contributed by atoms with Crippen LogP contribution in [0.25, 0.3) is 0 Å². The molecule has 1 nitrogen and oxygen atoms in total. The first-order chi connectivity index (χ1) is 7.25. The Kier molecular flexibility index (Phi) is 4.89. The SMILES string of the molecule is NC(Cc1cc(Br)cs1)C1CSCCS1. The zero-order valence-electron chi connectivity index (χ0n) is 8.32. The van der Waals surface area contributed by atoms with Gasteiger partial charge in [-0.25, -0.2) is 0 Å². The lowest BCUT2D eigenvalue weighted by atomic mass is 10.1. The van der Waals surface area contributed by atoms with Gasteiger partial charge in [0.25, 0.3) is 0 Å². The Balaban J connectivity index is 1.88. The molecular weight excluding hydrogens is 310 g/mol. The largest absolute Gasteiger partial charge is 0.326 e. The van der Waals surface area contributed by atoms with Gasteiger partial charge in [-0.3, -0.25) is 0 Å². The maximum absolute atomic E-state index is 6.25. The molecule has 5 heteroatoms. The lowest BCUT2D eigenvalue weighted by molar-refractivity contribution is 0.670. The van der Waals surface area contributed by atoms with Crippen molar-refractivity contribution in [1.82, 2.24) is 0 Å². The number of halogens is 1. The van der Waals surface area contributed by atoms with E-state index in [2.05, 4.69) is 27.4 Å². The van der Waals surface area contributed by atoms with Crippen LogP contribution in [-0.2, 0) is 6.42 Å². The summed E-state index contributed by atoms with van der Waals surface area (Å²) in [5, 5.41) is 2.77. The first kappa shape index (κ1) is 12.3. The van der Waals surface area contributed by atoms with Crippen LogP contribution in [0.2, 0.25) is 0 Å². The molecule has 1 aromatic rings. The van der Waals surface area contributed by atoms with Gasteiger partial charge in [-0.05, 0) is 28.4 Å². The van der Waals surface area contributed by atoms with E-state index in [-0.39, 0.29) is 0 Å². The number of rotatable bonds is 3. The molecule has 1 aliphatic rings. The van der Waals surface area contributed by atoms with Crippen LogP contribution < -0.4 is 5.73 Å². The number of hydrogen-bond donors (Lipinski definition) is 1. The van der Waals surface area contributed by atoms with Crippen LogP contribution in [0.1, 0.15) is 4.88 Å². The Morgan fingerprint density at radius 1 is 1.53 bits per heavy atom. The summed E-state index contributed by atoms with van der Waals surface area (Å²) in [6.07, 6.45) is 1.02. The van der Waals surface area contributed by atoms with Gasteiger partial charge in [0.1, 0.15) is 0 Å². The molecule has 0 radical (unpaired) electrons. The van der Waals surface area contributed by atoms with Crippen LogP contribution in [0.4, 0.5) is 0 Å². The number of nitrogens with two attached hydrogens (primary N) is 1. The lowest BCUT2D eigenvalue weighted by Gasteiger charge is -2.26. The fraction of sp³-hybridized carbons (Fsp3) is 0.600. The Morgan fingerprint density at radius 2 is 2.40 bits per heavy atom. The second-order valence-electron chi connectivity index (χ2n) is 3.58. The second kappa shape index (κ2) is 5.96. The minimum absolute atomic E-state index is 0.313. The third kappa shape index (κ3) is 3.66. The van der Waals surface area contributed by atoms with Gasteiger partial charge in [0.2, 0.25) is 0 Å². The Labute approximate surface area is 112 Å². The van der Waals surface area contributed by atoms with E-state index in [0.29, 0.717) is 11.3 Å². The van der Waals surface area contributed by atoms with E-state index >= 15 is 0 Å². The number of hydrogen-bond acceptors (Lipinski definition) is 4. The third-order valence-corrected chi connectivity index (χ3v) is 7.04. The molecule has 2 rings (SSSR count). The molecule has 2 atom stereocenters. The van der Waals surface area contributed by atoms with Gasteiger partial charge in [0.15, 0.2) is 0 Å². The van der Waals surface area contributed by atoms with Crippen molar-refractivity contribution in [3.63, 3.8) is 0 Å². The highest BCUT2D eigenvalue weighted by molar-refractivity contribution is 9.10. The zero-order chi connectivity index (χ0) is 10.7. The maximum Gasteiger partial charge on any atom is 0.0293 e. The van der Waals surface area contributed by atoms with Gasteiger partial charge < -0.3 is 5.73 Å². The predicted molar refractivity (Wildman–Crippen MR) is 77.3 cm³/mol. The normalized spacial score (nSPS) is 24.0. The highest BCUT2D eigenvalue weighted by atomic mass is 79.9. The van der Waals surface area contributed by atoms with Gasteiger partial charge in [0.05, 0.1) is 0 Å². The average molecular weight is 324 g/mol. The minimum Gasteiger partial charge on any atom is -0.326 e. The van der Waals surface area contributed by atoms with Crippen LogP contribution in [0.5, 0.6) is 0 Å². The Hall–Kier alpha value is 0.840. The quantitative estimate of drug-likeness (QED) is 0.924. The van der Waals surface area contributed by atoms with Gasteiger partial charge in [-0.15, -0.1) is 11.3 Å². The molecule has 2 N–H and O–H groups in total. The van der Waals surface area contributed by atoms with Crippen LogP contribution in [0.15, 0.2) is 15.9 Å². The molecule has 1 fully saturated rings. The third-order valence-electron chi connectivity index (χ3n) is 2.38. The standard InChI is InChI=1S/C10H14BrNS3/c11-7-3-8(15-5-7)4-9(12)10-6-13-1-2-14-10/h3,5,9-10H,1-2,4,6,12H2. The Morgan fingerprint density at radius 3 is 3.00 bits per heavy atom. The van der Waals surface area contributed by atoms with Crippen molar-refractivity contribution >= 4 is 50.8 Å². The van der Waals surface area contributed by atoms with E-state index in [9.17, 15) is 0 Å². The lowest BCUT2D eigenvalue weighted by Crippen LogP contribution is -2.37. The molecule has 1 saturated heterocycles. The van der Waals surface area contributed by atoms with E-state index < -0.39 is 0 Å². The highest BCUT2D eigenvalue weighted by Crippen LogP contribution is 2.28. The summed E-state index contributed by atoms with van der Waals surface area (Å²) in [5.41, 5.74) is 6.25. The van der Waals surface area contributed by atoms with Gasteiger partial charge in [0, 0.05) is 43.3 Å². The van der Waals surface area contributed by atoms with Crippen molar-refractivity contribution in [2.75, 3.05) is 17.3 Å². The van der Waals surface area contributed by atoms with Gasteiger partial charge in [-0.1, -0.05) is 0 Å². The fourth-order valence-electron chi connectivity index (χ4n) is 1.58. The van der Waals surface area contributed by atoms with Crippen LogP contribution in [0.3, 0.4) is 0 Å². The molecule has 1 aliphatic heterocycles. The molecule has 0 aliphatic carbocycles. The molecule has 84 valence electrons. The van der Waals surface area contributed by atoms with Crippen molar-refractivity contribution in [3.05, 3.63) is 20.8 Å². The van der Waals surface area contributed by atoms with Gasteiger partial charge >= 0.3 is 0 Å². The highest BCUT2D eigenvalue weighted by Gasteiger charge is 2.21. The molecular formula is C10H14BrNS3. The van der Waals surface area contributed by atoms with E-state index in [1.807, 2.05) is 23.5 Å². The van der Waals surface area contributed by atoms with Crippen LogP contribution in [-0.4, -0.2) is 28.6 Å². The second-order valence-corrected chi connectivity index (χ2v) is 7.99. The summed E-state index contributed by atoms with van der Waals surface area (Å²) in [6.45, 7) is 0. The monoisotopic (exact) mass is 323 g/mol. The first-order valence-electron chi connectivity index (χ1n) is 4.93. The molecule has 0 saturated carbocycles. The Bertz CT molecular complexity index is 309. The first-order valence-corrected chi connectivity index (χ1v) is 8.81. The molecule has 0 bridgehead atoms. The van der Waals surface area contributed by atoms with Crippen LogP contribution >= 0.6 is 50.8 Å². The predicted octanol–water partition coefficient (Wildman–Crippen LogP) is 3.23. The van der Waals surface area contributed by atoms with E-state index in [4.69, 9.17) is 5.73 Å². The molecule has 0 spiro atoms. The van der Waals surface area contributed by atoms with E-state index in [0.717, 1.165) is 6.42 Å². The molecule has 15 heavy (non-hydrogen) atoms. The summed E-state index contributed by atoms with van der Waals surface area (Å²) in [5.74, 6) is 3.77. The molecule has 1 aromatic heterocycles. The number of thioether (sulfide) groups is 2. The van der Waals surface area contributed by atoms with Gasteiger partial charge in [-0.2, -0.15) is 23.5 Å². The van der Waals surface area contributed by atoms with E-state index in [1.165, 1.54) is 26.6 Å². The van der Waals surface area contributed by atoms with E-state index in [1.54, 1.807) is 11.3 Å². The maximum atomic E-state index is 6.25. The van der Waals surface area contributed by atoms with Crippen molar-refractivity contribution in [2.45, 2.75) is 17.7 Å². The summed E-state index contributed by atoms with van der Waals surface area (Å²) in [4.78, 5) is 1.39. The zero-order valence-corrected chi connectivity index (χ0v) is 12.4. The topological polar surface area (TPSA) is 26.0 Å². The number of thiophene rings is 1. The van der Waals surface area contributed by atoms with Crippen molar-refractivity contribution in [1.29, 1.82) is 0 Å². The smallest absolute Gasteiger partial charge is 0.0293 e. The summed E-state index contributed by atoms with van der Waals surface area (Å²) < 4.78 is 1.18. The van der Waals surface area contributed by atoms with Crippen molar-refractivity contribution in [3.8, 4) is 0 Å². The molecule has 2 heterocycles.